The maximum atomic E-state index is 12.5. The van der Waals surface area contributed by atoms with Crippen LogP contribution in [0, 0.1) is 26.7 Å². The van der Waals surface area contributed by atoms with Crippen molar-refractivity contribution >= 4 is 23.3 Å². The summed E-state index contributed by atoms with van der Waals surface area (Å²) in [5.74, 6) is -1.72. The Labute approximate surface area is 176 Å². The largest absolute Gasteiger partial charge is 0.481 e. The van der Waals surface area contributed by atoms with Crippen LogP contribution in [0.25, 0.3) is 0 Å². The van der Waals surface area contributed by atoms with E-state index in [4.69, 9.17) is 16.7 Å². The minimum absolute atomic E-state index is 0.370. The Hall–Kier alpha value is -2.85. The Morgan fingerprint density at radius 3 is 2.24 bits per heavy atom. The first-order valence-corrected chi connectivity index (χ1v) is 9.85. The van der Waals surface area contributed by atoms with E-state index in [1.165, 1.54) is 0 Å². The predicted octanol–water partition coefficient (Wildman–Crippen LogP) is 5.73. The summed E-state index contributed by atoms with van der Waals surface area (Å²) in [6, 6.07) is 13.3. The molecule has 2 atom stereocenters. The van der Waals surface area contributed by atoms with E-state index in [1.807, 2.05) is 70.2 Å². The lowest BCUT2D eigenvalue weighted by Crippen LogP contribution is -2.32. The fraction of sp³-hybridized carbons (Fsp3) is 0.250. The third-order valence-corrected chi connectivity index (χ3v) is 5.45. The summed E-state index contributed by atoms with van der Waals surface area (Å²) >= 11 is 6.02. The minimum atomic E-state index is -0.903. The molecule has 0 amide bonds. The summed E-state index contributed by atoms with van der Waals surface area (Å²) in [6.07, 6.45) is 1.71. The number of carboxylic acids is 1. The molecule has 0 saturated heterocycles. The van der Waals surface area contributed by atoms with E-state index in [-0.39, 0.29) is 0 Å². The topological polar surface area (TPSA) is 52.9 Å². The van der Waals surface area contributed by atoms with Crippen molar-refractivity contribution in [2.24, 2.45) is 11.0 Å². The van der Waals surface area contributed by atoms with Crippen molar-refractivity contribution in [1.29, 1.82) is 0 Å². The summed E-state index contributed by atoms with van der Waals surface area (Å²) in [5, 5.41) is 17.2. The van der Waals surface area contributed by atoms with E-state index in [2.05, 4.69) is 6.58 Å². The van der Waals surface area contributed by atoms with Gasteiger partial charge in [-0.15, -0.1) is 0 Å². The molecule has 2 aromatic carbocycles. The highest BCUT2D eigenvalue weighted by atomic mass is 35.5. The Morgan fingerprint density at radius 2 is 1.69 bits per heavy atom. The van der Waals surface area contributed by atoms with Crippen molar-refractivity contribution in [2.45, 2.75) is 33.7 Å². The molecule has 0 aliphatic carbocycles. The zero-order valence-electron chi connectivity index (χ0n) is 17.1. The van der Waals surface area contributed by atoms with Crippen molar-refractivity contribution in [1.82, 2.24) is 5.01 Å². The minimum Gasteiger partial charge on any atom is -0.481 e. The lowest BCUT2D eigenvalue weighted by Gasteiger charge is -2.30. The molecule has 1 heterocycles. The second-order valence-corrected chi connectivity index (χ2v) is 7.93. The molecule has 0 aromatic heterocycles. The van der Waals surface area contributed by atoms with E-state index in [1.54, 1.807) is 11.1 Å². The summed E-state index contributed by atoms with van der Waals surface area (Å²) in [6.45, 7) is 11.6. The van der Waals surface area contributed by atoms with Gasteiger partial charge in [0.2, 0.25) is 0 Å². The van der Waals surface area contributed by atoms with Crippen molar-refractivity contribution in [3.63, 3.8) is 0 Å². The molecule has 0 saturated carbocycles. The van der Waals surface area contributed by atoms with Gasteiger partial charge in [0.25, 0.3) is 0 Å². The van der Waals surface area contributed by atoms with Crippen LogP contribution in [0.15, 0.2) is 71.0 Å². The monoisotopic (exact) mass is 408 g/mol. The molecule has 3 rings (SSSR count). The standard InChI is InChI=1S/C24H25ClN2O2/c1-14-9-6-7-12-19(14)22-21(24(28)29)23(20-15(2)10-8-11-16(20)3)27(26-22)18(5)13-17(4)25/h6-13,21,23H,4H2,1-3,5H3,(H,28,29)/b18-13+. The normalized spacial score (nSPS) is 19.3. The van der Waals surface area contributed by atoms with Crippen LogP contribution in [-0.4, -0.2) is 21.8 Å². The van der Waals surface area contributed by atoms with Gasteiger partial charge in [-0.1, -0.05) is 60.6 Å². The summed E-state index contributed by atoms with van der Waals surface area (Å²) in [7, 11) is 0. The SMILES string of the molecule is C=C(Cl)/C=C(\C)N1N=C(c2ccccc2C)C(C(=O)O)C1c1c(C)cccc1C. The Morgan fingerprint density at radius 1 is 1.10 bits per heavy atom. The Balaban J connectivity index is 2.28. The number of allylic oxidation sites excluding steroid dienone is 3. The average Bonchev–Trinajstić information content (AvgIpc) is 3.02. The third-order valence-electron chi connectivity index (χ3n) is 5.34. The first-order valence-electron chi connectivity index (χ1n) is 9.47. The van der Waals surface area contributed by atoms with Gasteiger partial charge in [-0.05, 0) is 56.0 Å². The lowest BCUT2D eigenvalue weighted by molar-refractivity contribution is -0.140. The molecule has 29 heavy (non-hydrogen) atoms. The van der Waals surface area contributed by atoms with E-state index >= 15 is 0 Å². The molecule has 0 bridgehead atoms. The van der Waals surface area contributed by atoms with E-state index in [0.29, 0.717) is 10.7 Å². The number of benzene rings is 2. The van der Waals surface area contributed by atoms with Crippen molar-refractivity contribution in [2.75, 3.05) is 0 Å². The molecule has 0 fully saturated rings. The van der Waals surface area contributed by atoms with Gasteiger partial charge in [0.05, 0.1) is 11.8 Å². The number of halogens is 1. The smallest absolute Gasteiger partial charge is 0.315 e. The Bertz CT molecular complexity index is 1020. The van der Waals surface area contributed by atoms with Crippen LogP contribution in [0.1, 0.15) is 40.8 Å². The number of hydrogen-bond donors (Lipinski definition) is 1. The van der Waals surface area contributed by atoms with Gasteiger partial charge in [0, 0.05) is 16.3 Å². The highest BCUT2D eigenvalue weighted by molar-refractivity contribution is 6.30. The molecule has 4 nitrogen and oxygen atoms in total. The van der Waals surface area contributed by atoms with Gasteiger partial charge < -0.3 is 5.11 Å². The first-order chi connectivity index (χ1) is 13.7. The number of hydrazone groups is 1. The number of rotatable bonds is 5. The van der Waals surface area contributed by atoms with E-state index < -0.39 is 17.9 Å². The quantitative estimate of drug-likeness (QED) is 0.642. The fourth-order valence-electron chi connectivity index (χ4n) is 4.04. The number of carbonyl (C=O) groups is 1. The number of carboxylic acid groups (broad SMARTS) is 1. The van der Waals surface area contributed by atoms with Crippen LogP contribution in [0.4, 0.5) is 0 Å². The number of hydrogen-bond acceptors (Lipinski definition) is 3. The fourth-order valence-corrected chi connectivity index (χ4v) is 4.20. The maximum Gasteiger partial charge on any atom is 0.315 e. The van der Waals surface area contributed by atoms with Gasteiger partial charge in [0.15, 0.2) is 0 Å². The highest BCUT2D eigenvalue weighted by Crippen LogP contribution is 2.43. The predicted molar refractivity (Wildman–Crippen MR) is 118 cm³/mol. The van der Waals surface area contributed by atoms with E-state index in [0.717, 1.165) is 33.5 Å². The first kappa shape index (κ1) is 20.9. The zero-order chi connectivity index (χ0) is 21.3. The molecule has 2 unspecified atom stereocenters. The van der Waals surface area contributed by atoms with Crippen LogP contribution in [0.3, 0.4) is 0 Å². The van der Waals surface area contributed by atoms with Crippen molar-refractivity contribution in [3.05, 3.63) is 93.7 Å². The van der Waals surface area contributed by atoms with Crippen LogP contribution in [0.5, 0.6) is 0 Å². The van der Waals surface area contributed by atoms with Gasteiger partial charge in [-0.2, -0.15) is 5.10 Å². The average molecular weight is 409 g/mol. The van der Waals surface area contributed by atoms with Gasteiger partial charge >= 0.3 is 5.97 Å². The van der Waals surface area contributed by atoms with Crippen LogP contribution in [-0.2, 0) is 4.79 Å². The van der Waals surface area contributed by atoms with Crippen LogP contribution >= 0.6 is 11.6 Å². The molecular formula is C24H25ClN2O2. The molecule has 2 aromatic rings. The van der Waals surface area contributed by atoms with Crippen molar-refractivity contribution < 1.29 is 9.90 Å². The summed E-state index contributed by atoms with van der Waals surface area (Å²) < 4.78 is 0. The van der Waals surface area contributed by atoms with Crippen LogP contribution in [0.2, 0.25) is 0 Å². The number of aryl methyl sites for hydroxylation is 3. The lowest BCUT2D eigenvalue weighted by atomic mass is 9.82. The second kappa shape index (κ2) is 8.26. The molecule has 0 radical (unpaired) electrons. The molecular weight excluding hydrogens is 384 g/mol. The molecule has 1 aliphatic rings. The molecule has 150 valence electrons. The molecule has 5 heteroatoms. The number of aliphatic carboxylic acids is 1. The maximum absolute atomic E-state index is 12.5. The number of nitrogens with zero attached hydrogens (tertiary/aromatic N) is 2. The molecule has 1 aliphatic heterocycles. The van der Waals surface area contributed by atoms with Gasteiger partial charge in [-0.3, -0.25) is 9.80 Å². The summed E-state index contributed by atoms with van der Waals surface area (Å²) in [4.78, 5) is 12.5. The van der Waals surface area contributed by atoms with E-state index in [9.17, 15) is 9.90 Å². The Kier molecular flexibility index (Phi) is 5.94. The van der Waals surface area contributed by atoms with Gasteiger partial charge in [-0.25, -0.2) is 0 Å². The highest BCUT2D eigenvalue weighted by Gasteiger charge is 2.45. The second-order valence-electron chi connectivity index (χ2n) is 7.44. The third kappa shape index (κ3) is 3.99. The summed E-state index contributed by atoms with van der Waals surface area (Å²) in [5.41, 5.74) is 6.16. The zero-order valence-corrected chi connectivity index (χ0v) is 17.9. The van der Waals surface area contributed by atoms with Gasteiger partial charge in [0.1, 0.15) is 5.92 Å². The molecule has 1 N–H and O–H groups in total. The van der Waals surface area contributed by atoms with Crippen molar-refractivity contribution in [3.8, 4) is 0 Å². The molecule has 0 spiro atoms. The van der Waals surface area contributed by atoms with Crippen LogP contribution < -0.4 is 0 Å².